The Kier molecular flexibility index (Phi) is 3.37. The normalized spacial score (nSPS) is 23.6. The molecule has 2 atom stereocenters. The molecule has 2 aromatic rings. The molecule has 1 amide bonds. The third-order valence-electron chi connectivity index (χ3n) is 4.26. The van der Waals surface area contributed by atoms with Gasteiger partial charge in [-0.05, 0) is 25.5 Å². The van der Waals surface area contributed by atoms with Crippen LogP contribution in [0.3, 0.4) is 0 Å². The number of rotatable bonds is 3. The Morgan fingerprint density at radius 2 is 2.33 bits per heavy atom. The summed E-state index contributed by atoms with van der Waals surface area (Å²) in [6.45, 7) is 5.78. The second-order valence-electron chi connectivity index (χ2n) is 6.00. The van der Waals surface area contributed by atoms with Crippen LogP contribution in [0.4, 0.5) is 0 Å². The molecular weight excluding hydrogens is 288 g/mol. The van der Waals surface area contributed by atoms with Crippen molar-refractivity contribution in [1.82, 2.24) is 10.3 Å². The molecule has 6 heteroatoms. The number of furan rings is 1. The summed E-state index contributed by atoms with van der Waals surface area (Å²) >= 11 is 1.44. The summed E-state index contributed by atoms with van der Waals surface area (Å²) in [5.41, 5.74) is 0.146. The number of hydrogen-bond acceptors (Lipinski definition) is 5. The van der Waals surface area contributed by atoms with Gasteiger partial charge in [0.25, 0.3) is 5.91 Å². The molecule has 112 valence electrons. The third-order valence-corrected chi connectivity index (χ3v) is 5.25. The van der Waals surface area contributed by atoms with E-state index in [9.17, 15) is 9.90 Å². The van der Waals surface area contributed by atoms with Gasteiger partial charge in [0, 0.05) is 16.3 Å². The van der Waals surface area contributed by atoms with E-state index < -0.39 is 0 Å². The molecule has 21 heavy (non-hydrogen) atoms. The van der Waals surface area contributed by atoms with Gasteiger partial charge in [0.1, 0.15) is 5.69 Å². The lowest BCUT2D eigenvalue weighted by Crippen LogP contribution is -2.61. The molecule has 2 heterocycles. The molecule has 0 bridgehead atoms. The average Bonchev–Trinajstić information content (AvgIpc) is 3.07. The first-order valence-electron chi connectivity index (χ1n) is 6.90. The second kappa shape index (κ2) is 4.96. The molecule has 1 aliphatic carbocycles. The highest BCUT2D eigenvalue weighted by Gasteiger charge is 2.48. The van der Waals surface area contributed by atoms with Crippen LogP contribution in [0.1, 0.15) is 35.6 Å². The van der Waals surface area contributed by atoms with E-state index in [0.717, 1.165) is 4.88 Å². The molecule has 0 aromatic carbocycles. The van der Waals surface area contributed by atoms with E-state index in [-0.39, 0.29) is 23.5 Å². The van der Waals surface area contributed by atoms with Crippen molar-refractivity contribution < 1.29 is 14.3 Å². The maximum Gasteiger partial charge on any atom is 0.271 e. The number of amides is 1. The van der Waals surface area contributed by atoms with Crippen molar-refractivity contribution in [2.45, 2.75) is 39.3 Å². The number of carbonyl (C=O) groups is 1. The van der Waals surface area contributed by atoms with Crippen molar-refractivity contribution in [2.24, 2.45) is 5.41 Å². The van der Waals surface area contributed by atoms with Crippen LogP contribution in [0.15, 0.2) is 22.8 Å². The largest absolute Gasteiger partial charge is 0.462 e. The van der Waals surface area contributed by atoms with Crippen LogP contribution >= 0.6 is 11.3 Å². The predicted octanol–water partition coefficient (Wildman–Crippen LogP) is 2.60. The SMILES string of the molecule is Cc1sc(-c2ccco2)nc1C(=O)NC1CC(O)C1(C)C. The Balaban J connectivity index is 1.77. The minimum absolute atomic E-state index is 0.0202. The van der Waals surface area contributed by atoms with Gasteiger partial charge in [-0.2, -0.15) is 0 Å². The smallest absolute Gasteiger partial charge is 0.271 e. The zero-order chi connectivity index (χ0) is 15.2. The lowest BCUT2D eigenvalue weighted by atomic mass is 9.64. The fourth-order valence-corrected chi connectivity index (χ4v) is 3.37. The van der Waals surface area contributed by atoms with E-state index >= 15 is 0 Å². The fourth-order valence-electron chi connectivity index (χ4n) is 2.49. The molecule has 0 aliphatic heterocycles. The molecule has 0 radical (unpaired) electrons. The molecule has 1 aliphatic rings. The van der Waals surface area contributed by atoms with Crippen LogP contribution in [-0.4, -0.2) is 28.1 Å². The lowest BCUT2D eigenvalue weighted by Gasteiger charge is -2.49. The van der Waals surface area contributed by atoms with Gasteiger partial charge < -0.3 is 14.8 Å². The molecule has 1 saturated carbocycles. The first kappa shape index (κ1) is 14.3. The number of thiazole rings is 1. The summed E-state index contributed by atoms with van der Waals surface area (Å²) in [7, 11) is 0. The van der Waals surface area contributed by atoms with Crippen molar-refractivity contribution in [2.75, 3.05) is 0 Å². The van der Waals surface area contributed by atoms with Crippen molar-refractivity contribution in [3.63, 3.8) is 0 Å². The zero-order valence-corrected chi connectivity index (χ0v) is 13.0. The van der Waals surface area contributed by atoms with Crippen LogP contribution in [0.5, 0.6) is 0 Å². The average molecular weight is 306 g/mol. The Morgan fingerprint density at radius 3 is 2.90 bits per heavy atom. The highest BCUT2D eigenvalue weighted by molar-refractivity contribution is 7.15. The molecule has 2 aromatic heterocycles. The maximum absolute atomic E-state index is 12.4. The molecular formula is C15H18N2O3S. The van der Waals surface area contributed by atoms with Crippen LogP contribution in [0.25, 0.3) is 10.8 Å². The summed E-state index contributed by atoms with van der Waals surface area (Å²) in [5, 5.41) is 13.4. The van der Waals surface area contributed by atoms with Gasteiger partial charge in [0.05, 0.1) is 12.4 Å². The number of nitrogens with one attached hydrogen (secondary N) is 1. The topological polar surface area (TPSA) is 75.4 Å². The monoisotopic (exact) mass is 306 g/mol. The van der Waals surface area contributed by atoms with Crippen LogP contribution in [0, 0.1) is 12.3 Å². The first-order chi connectivity index (χ1) is 9.89. The number of nitrogens with zero attached hydrogens (tertiary/aromatic N) is 1. The summed E-state index contributed by atoms with van der Waals surface area (Å²) in [6.07, 6.45) is 1.81. The Labute approximate surface area is 127 Å². The number of hydrogen-bond donors (Lipinski definition) is 2. The molecule has 2 unspecified atom stereocenters. The predicted molar refractivity (Wildman–Crippen MR) is 80.2 cm³/mol. The van der Waals surface area contributed by atoms with Gasteiger partial charge >= 0.3 is 0 Å². The van der Waals surface area contributed by atoms with E-state index in [1.54, 1.807) is 12.3 Å². The fraction of sp³-hybridized carbons (Fsp3) is 0.467. The Bertz CT molecular complexity index is 661. The van der Waals surface area contributed by atoms with E-state index in [0.29, 0.717) is 22.9 Å². The second-order valence-corrected chi connectivity index (χ2v) is 7.20. The van der Waals surface area contributed by atoms with Gasteiger partial charge in [-0.15, -0.1) is 11.3 Å². The van der Waals surface area contributed by atoms with Crippen molar-refractivity contribution in [3.05, 3.63) is 29.0 Å². The number of carbonyl (C=O) groups excluding carboxylic acids is 1. The first-order valence-corrected chi connectivity index (χ1v) is 7.71. The summed E-state index contributed by atoms with van der Waals surface area (Å²) < 4.78 is 5.31. The van der Waals surface area contributed by atoms with Gasteiger partial charge in [0.2, 0.25) is 0 Å². The summed E-state index contributed by atoms with van der Waals surface area (Å²) in [5.74, 6) is 0.480. The zero-order valence-electron chi connectivity index (χ0n) is 12.2. The number of aliphatic hydroxyl groups is 1. The van der Waals surface area contributed by atoms with Gasteiger partial charge in [-0.25, -0.2) is 4.98 Å². The Hall–Kier alpha value is -1.66. The standard InChI is InChI=1S/C15H18N2O3S/c1-8-12(17-14(21-8)9-5-4-6-20-9)13(19)16-10-7-11(18)15(10,2)3/h4-6,10-11,18H,7H2,1-3H3,(H,16,19). The molecule has 5 nitrogen and oxygen atoms in total. The number of aromatic nitrogens is 1. The van der Waals surface area contributed by atoms with Crippen LogP contribution in [0.2, 0.25) is 0 Å². The Morgan fingerprint density at radius 1 is 1.57 bits per heavy atom. The lowest BCUT2D eigenvalue weighted by molar-refractivity contribution is -0.0690. The van der Waals surface area contributed by atoms with Crippen molar-refractivity contribution in [3.8, 4) is 10.8 Å². The third kappa shape index (κ3) is 2.38. The highest BCUT2D eigenvalue weighted by Crippen LogP contribution is 2.40. The minimum atomic E-state index is -0.363. The molecule has 3 rings (SSSR count). The van der Waals surface area contributed by atoms with Gasteiger partial charge in [0.15, 0.2) is 10.8 Å². The quantitative estimate of drug-likeness (QED) is 0.914. The maximum atomic E-state index is 12.4. The minimum Gasteiger partial charge on any atom is -0.462 e. The van der Waals surface area contributed by atoms with Crippen molar-refractivity contribution >= 4 is 17.2 Å². The van der Waals surface area contributed by atoms with Gasteiger partial charge in [-0.1, -0.05) is 13.8 Å². The molecule has 1 fully saturated rings. The number of aliphatic hydroxyl groups excluding tert-OH is 1. The highest BCUT2D eigenvalue weighted by atomic mass is 32.1. The molecule has 2 N–H and O–H groups in total. The van der Waals surface area contributed by atoms with Crippen LogP contribution < -0.4 is 5.32 Å². The van der Waals surface area contributed by atoms with Crippen molar-refractivity contribution in [1.29, 1.82) is 0 Å². The molecule has 0 saturated heterocycles. The van der Waals surface area contributed by atoms with E-state index in [1.165, 1.54) is 11.3 Å². The van der Waals surface area contributed by atoms with E-state index in [1.807, 2.05) is 26.8 Å². The molecule has 0 spiro atoms. The van der Waals surface area contributed by atoms with Gasteiger partial charge in [-0.3, -0.25) is 4.79 Å². The van der Waals surface area contributed by atoms with E-state index in [4.69, 9.17) is 4.42 Å². The number of aryl methyl sites for hydroxylation is 1. The van der Waals surface area contributed by atoms with Crippen LogP contribution in [-0.2, 0) is 0 Å². The summed E-state index contributed by atoms with van der Waals surface area (Å²) in [6, 6.07) is 3.60. The van der Waals surface area contributed by atoms with E-state index in [2.05, 4.69) is 10.3 Å². The summed E-state index contributed by atoms with van der Waals surface area (Å²) in [4.78, 5) is 17.6.